The number of hydrogen-bond donors (Lipinski definition) is 2. The van der Waals surface area contributed by atoms with E-state index in [4.69, 9.17) is 4.74 Å². The van der Waals surface area contributed by atoms with Crippen molar-refractivity contribution in [2.24, 2.45) is 5.92 Å². The van der Waals surface area contributed by atoms with E-state index in [-0.39, 0.29) is 17.7 Å². The number of benzene rings is 1. The van der Waals surface area contributed by atoms with Gasteiger partial charge in [0.05, 0.1) is 16.4 Å². The monoisotopic (exact) mass is 358 g/mol. The highest BCUT2D eigenvalue weighted by atomic mass is 32.1. The molecule has 1 aliphatic carbocycles. The molecule has 3 rings (SSSR count). The second-order valence-electron chi connectivity index (χ2n) is 6.30. The maximum atomic E-state index is 12.1. The Bertz CT molecular complexity index is 781. The maximum Gasteiger partial charge on any atom is 0.261 e. The van der Waals surface area contributed by atoms with Gasteiger partial charge in [0.25, 0.3) is 5.91 Å². The van der Waals surface area contributed by atoms with Gasteiger partial charge in [0, 0.05) is 5.92 Å². The number of amides is 2. The molecule has 0 unspecified atom stereocenters. The van der Waals surface area contributed by atoms with Crippen molar-refractivity contribution in [2.45, 2.75) is 26.7 Å². The lowest BCUT2D eigenvalue weighted by Crippen LogP contribution is -2.27. The first-order valence-corrected chi connectivity index (χ1v) is 9.23. The molecule has 132 valence electrons. The van der Waals surface area contributed by atoms with Gasteiger partial charge >= 0.3 is 0 Å². The van der Waals surface area contributed by atoms with Crippen LogP contribution >= 0.6 is 11.3 Å². The zero-order valence-electron chi connectivity index (χ0n) is 14.4. The Labute approximate surface area is 151 Å². The van der Waals surface area contributed by atoms with E-state index in [0.717, 1.165) is 24.2 Å². The summed E-state index contributed by atoms with van der Waals surface area (Å²) in [4.78, 5) is 24.5. The number of aryl methyl sites for hydroxylation is 2. The van der Waals surface area contributed by atoms with Crippen LogP contribution in [0.2, 0.25) is 0 Å². The molecule has 1 saturated carbocycles. The second-order valence-corrected chi connectivity index (χ2v) is 7.38. The number of ether oxygens (including phenoxy) is 1. The summed E-state index contributed by atoms with van der Waals surface area (Å²) in [6.45, 7) is 4.88. The van der Waals surface area contributed by atoms with Gasteiger partial charge in [-0.05, 0) is 50.5 Å². The average molecular weight is 358 g/mol. The summed E-state index contributed by atoms with van der Waals surface area (Å²) in [6.07, 6.45) is 1.93. The number of nitrogens with one attached hydrogen (secondary N) is 2. The van der Waals surface area contributed by atoms with E-state index in [1.165, 1.54) is 16.9 Å². The zero-order chi connectivity index (χ0) is 17.8. The normalized spacial score (nSPS) is 13.4. The Morgan fingerprint density at radius 3 is 2.72 bits per heavy atom. The van der Waals surface area contributed by atoms with Crippen LogP contribution in [0.3, 0.4) is 0 Å². The van der Waals surface area contributed by atoms with Crippen LogP contribution in [-0.4, -0.2) is 25.0 Å². The lowest BCUT2D eigenvalue weighted by atomic mass is 10.1. The molecule has 1 aromatic heterocycles. The molecular formula is C19H22N2O3S. The molecule has 0 atom stereocenters. The van der Waals surface area contributed by atoms with Crippen LogP contribution in [-0.2, 0) is 4.79 Å². The Morgan fingerprint density at radius 2 is 2.00 bits per heavy atom. The number of carbonyl (C=O) groups is 2. The first-order valence-electron chi connectivity index (χ1n) is 8.42. The number of rotatable bonds is 7. The summed E-state index contributed by atoms with van der Waals surface area (Å²) in [5.41, 5.74) is 2.28. The number of carbonyl (C=O) groups excluding carboxylic acids is 2. The molecule has 0 aliphatic heterocycles. The highest BCUT2D eigenvalue weighted by Gasteiger charge is 2.29. The van der Waals surface area contributed by atoms with Crippen molar-refractivity contribution < 1.29 is 14.3 Å². The maximum absolute atomic E-state index is 12.1. The van der Waals surface area contributed by atoms with Gasteiger partial charge in [-0.15, -0.1) is 11.3 Å². The number of hydrogen-bond acceptors (Lipinski definition) is 4. The van der Waals surface area contributed by atoms with Crippen LogP contribution in [0.15, 0.2) is 30.3 Å². The standard InChI is InChI=1S/C19H22N2O3S/c1-12-3-6-15(13(2)11-12)24-10-9-20-19(23)16-7-8-17(25-16)21-18(22)14-4-5-14/h3,6-8,11,14H,4-5,9-10H2,1-2H3,(H,20,23)(H,21,22). The fourth-order valence-electron chi connectivity index (χ4n) is 2.47. The molecule has 2 amide bonds. The predicted octanol–water partition coefficient (Wildman–Crippen LogP) is 3.52. The van der Waals surface area contributed by atoms with Gasteiger partial charge in [-0.25, -0.2) is 0 Å². The molecule has 0 saturated heterocycles. The Kier molecular flexibility index (Phi) is 5.38. The summed E-state index contributed by atoms with van der Waals surface area (Å²) in [5.74, 6) is 0.889. The van der Waals surface area contributed by atoms with Crippen LogP contribution < -0.4 is 15.4 Å². The SMILES string of the molecule is Cc1ccc(OCCNC(=O)c2ccc(NC(=O)C3CC3)s2)c(C)c1. The van der Waals surface area contributed by atoms with Gasteiger partial charge < -0.3 is 15.4 Å². The Balaban J connectivity index is 1.43. The van der Waals surface area contributed by atoms with Gasteiger partial charge in [0.2, 0.25) is 5.91 Å². The molecule has 0 bridgehead atoms. The van der Waals surface area contributed by atoms with E-state index in [2.05, 4.69) is 16.7 Å². The summed E-state index contributed by atoms with van der Waals surface area (Å²) >= 11 is 1.29. The molecule has 1 aliphatic rings. The first-order chi connectivity index (χ1) is 12.0. The molecule has 1 fully saturated rings. The third kappa shape index (κ3) is 4.82. The molecule has 5 nitrogen and oxygen atoms in total. The fraction of sp³-hybridized carbons (Fsp3) is 0.368. The van der Waals surface area contributed by atoms with Crippen molar-refractivity contribution in [3.05, 3.63) is 46.3 Å². The van der Waals surface area contributed by atoms with Crippen molar-refractivity contribution in [3.8, 4) is 5.75 Å². The zero-order valence-corrected chi connectivity index (χ0v) is 15.2. The van der Waals surface area contributed by atoms with E-state index >= 15 is 0 Å². The van der Waals surface area contributed by atoms with Crippen LogP contribution in [0, 0.1) is 19.8 Å². The minimum Gasteiger partial charge on any atom is -0.491 e. The van der Waals surface area contributed by atoms with Gasteiger partial charge in [0.15, 0.2) is 0 Å². The van der Waals surface area contributed by atoms with Crippen molar-refractivity contribution in [2.75, 3.05) is 18.5 Å². The predicted molar refractivity (Wildman–Crippen MR) is 99.4 cm³/mol. The molecule has 2 aromatic rings. The molecule has 6 heteroatoms. The van der Waals surface area contributed by atoms with Crippen molar-refractivity contribution >= 4 is 28.2 Å². The molecular weight excluding hydrogens is 336 g/mol. The third-order valence-corrected chi connectivity index (χ3v) is 5.00. The summed E-state index contributed by atoms with van der Waals surface area (Å²) < 4.78 is 5.70. The van der Waals surface area contributed by atoms with Crippen LogP contribution in [0.5, 0.6) is 5.75 Å². The molecule has 2 N–H and O–H groups in total. The molecule has 1 heterocycles. The summed E-state index contributed by atoms with van der Waals surface area (Å²) in [6, 6.07) is 9.52. The largest absolute Gasteiger partial charge is 0.491 e. The van der Waals surface area contributed by atoms with Crippen molar-refractivity contribution in [1.82, 2.24) is 5.32 Å². The quantitative estimate of drug-likeness (QED) is 0.744. The first kappa shape index (κ1) is 17.5. The van der Waals surface area contributed by atoms with E-state index < -0.39 is 0 Å². The van der Waals surface area contributed by atoms with Crippen LogP contribution in [0.1, 0.15) is 33.6 Å². The summed E-state index contributed by atoms with van der Waals surface area (Å²) in [5, 5.41) is 6.41. The van der Waals surface area contributed by atoms with Crippen molar-refractivity contribution in [1.29, 1.82) is 0 Å². The van der Waals surface area contributed by atoms with E-state index in [1.807, 2.05) is 26.0 Å². The lowest BCUT2D eigenvalue weighted by Gasteiger charge is -2.10. The minimum atomic E-state index is -0.152. The highest BCUT2D eigenvalue weighted by Crippen LogP contribution is 2.31. The third-order valence-electron chi connectivity index (χ3n) is 4.00. The van der Waals surface area contributed by atoms with E-state index in [9.17, 15) is 9.59 Å². The van der Waals surface area contributed by atoms with E-state index in [0.29, 0.717) is 23.0 Å². The average Bonchev–Trinajstić information content (AvgIpc) is 3.33. The van der Waals surface area contributed by atoms with Gasteiger partial charge in [-0.1, -0.05) is 17.7 Å². The second kappa shape index (κ2) is 7.70. The number of thiophene rings is 1. The van der Waals surface area contributed by atoms with E-state index in [1.54, 1.807) is 12.1 Å². The van der Waals surface area contributed by atoms with Gasteiger partial charge in [-0.2, -0.15) is 0 Å². The van der Waals surface area contributed by atoms with Gasteiger partial charge in [0.1, 0.15) is 12.4 Å². The molecule has 0 radical (unpaired) electrons. The highest BCUT2D eigenvalue weighted by molar-refractivity contribution is 7.18. The van der Waals surface area contributed by atoms with Crippen LogP contribution in [0.4, 0.5) is 5.00 Å². The smallest absolute Gasteiger partial charge is 0.261 e. The molecule has 0 spiro atoms. The lowest BCUT2D eigenvalue weighted by molar-refractivity contribution is -0.117. The molecule has 25 heavy (non-hydrogen) atoms. The van der Waals surface area contributed by atoms with Crippen LogP contribution in [0.25, 0.3) is 0 Å². The fourth-order valence-corrected chi connectivity index (χ4v) is 3.30. The molecule has 1 aromatic carbocycles. The number of anilines is 1. The Hall–Kier alpha value is -2.34. The van der Waals surface area contributed by atoms with Crippen molar-refractivity contribution in [3.63, 3.8) is 0 Å². The van der Waals surface area contributed by atoms with Gasteiger partial charge in [-0.3, -0.25) is 9.59 Å². The summed E-state index contributed by atoms with van der Waals surface area (Å²) in [7, 11) is 0. The topological polar surface area (TPSA) is 67.4 Å². The Morgan fingerprint density at radius 1 is 1.20 bits per heavy atom. The minimum absolute atomic E-state index is 0.0516.